The standard InChI is InChI=1S/C18H27BrO2/c1-11-10-14(19)12(2)15(17(11)21-5)16(20)13-8-6-7-9-18(13,3)4/h10,13,16,20H,6-9H2,1-5H3. The van der Waals surface area contributed by atoms with Crippen molar-refractivity contribution in [1.82, 2.24) is 0 Å². The van der Waals surface area contributed by atoms with Gasteiger partial charge in [-0.1, -0.05) is 42.6 Å². The maximum atomic E-state index is 11.1. The quantitative estimate of drug-likeness (QED) is 0.795. The highest BCUT2D eigenvalue weighted by molar-refractivity contribution is 9.10. The molecule has 1 saturated carbocycles. The van der Waals surface area contributed by atoms with E-state index < -0.39 is 6.10 Å². The van der Waals surface area contributed by atoms with Crippen molar-refractivity contribution in [2.45, 2.75) is 59.5 Å². The zero-order valence-corrected chi connectivity index (χ0v) is 15.4. The van der Waals surface area contributed by atoms with E-state index in [0.29, 0.717) is 0 Å². The van der Waals surface area contributed by atoms with Gasteiger partial charge < -0.3 is 9.84 Å². The summed E-state index contributed by atoms with van der Waals surface area (Å²) in [6.45, 7) is 8.66. The SMILES string of the molecule is COc1c(C)cc(Br)c(C)c1C(O)C1CCCCC1(C)C. The minimum Gasteiger partial charge on any atom is -0.496 e. The van der Waals surface area contributed by atoms with Crippen LogP contribution in [0, 0.1) is 25.2 Å². The van der Waals surface area contributed by atoms with Crippen molar-refractivity contribution in [2.24, 2.45) is 11.3 Å². The molecule has 1 aliphatic rings. The molecule has 1 aromatic carbocycles. The first-order chi connectivity index (χ1) is 9.79. The van der Waals surface area contributed by atoms with Crippen LogP contribution >= 0.6 is 15.9 Å². The van der Waals surface area contributed by atoms with Gasteiger partial charge in [0.05, 0.1) is 13.2 Å². The van der Waals surface area contributed by atoms with Gasteiger partial charge in [-0.15, -0.1) is 0 Å². The van der Waals surface area contributed by atoms with Crippen LogP contribution in [0.5, 0.6) is 5.75 Å². The van der Waals surface area contributed by atoms with Crippen LogP contribution in [0.1, 0.15) is 62.3 Å². The Labute approximate surface area is 137 Å². The number of halogens is 1. The van der Waals surface area contributed by atoms with E-state index in [1.807, 2.05) is 6.92 Å². The summed E-state index contributed by atoms with van der Waals surface area (Å²) in [7, 11) is 1.69. The normalized spacial score (nSPS) is 22.9. The van der Waals surface area contributed by atoms with Crippen LogP contribution in [0.15, 0.2) is 10.5 Å². The van der Waals surface area contributed by atoms with Gasteiger partial charge in [0.1, 0.15) is 5.75 Å². The number of methoxy groups -OCH3 is 1. The molecule has 2 atom stereocenters. The Balaban J connectivity index is 2.50. The molecule has 2 nitrogen and oxygen atoms in total. The zero-order valence-electron chi connectivity index (χ0n) is 13.8. The highest BCUT2D eigenvalue weighted by atomic mass is 79.9. The number of benzene rings is 1. The van der Waals surface area contributed by atoms with E-state index in [-0.39, 0.29) is 11.3 Å². The van der Waals surface area contributed by atoms with Gasteiger partial charge in [0.15, 0.2) is 0 Å². The van der Waals surface area contributed by atoms with Gasteiger partial charge in [0, 0.05) is 10.0 Å². The minimum atomic E-state index is -0.466. The maximum absolute atomic E-state index is 11.1. The number of hydrogen-bond donors (Lipinski definition) is 1. The molecule has 0 aromatic heterocycles. The van der Waals surface area contributed by atoms with Gasteiger partial charge in [0.25, 0.3) is 0 Å². The van der Waals surface area contributed by atoms with Crippen molar-refractivity contribution in [2.75, 3.05) is 7.11 Å². The lowest BCUT2D eigenvalue weighted by Gasteiger charge is -2.42. The van der Waals surface area contributed by atoms with E-state index in [1.54, 1.807) is 7.11 Å². The van der Waals surface area contributed by atoms with Gasteiger partial charge >= 0.3 is 0 Å². The van der Waals surface area contributed by atoms with Crippen LogP contribution in [0.3, 0.4) is 0 Å². The number of aliphatic hydroxyl groups excluding tert-OH is 1. The second-order valence-corrected chi connectivity index (χ2v) is 7.89. The predicted octanol–water partition coefficient (Wildman–Crippen LogP) is 5.32. The molecule has 21 heavy (non-hydrogen) atoms. The van der Waals surface area contributed by atoms with Gasteiger partial charge in [-0.3, -0.25) is 0 Å². The fourth-order valence-electron chi connectivity index (χ4n) is 3.81. The molecule has 3 heteroatoms. The highest BCUT2D eigenvalue weighted by Gasteiger charge is 2.39. The van der Waals surface area contributed by atoms with Crippen molar-refractivity contribution >= 4 is 15.9 Å². The summed E-state index contributed by atoms with van der Waals surface area (Å²) in [6.07, 6.45) is 4.28. The van der Waals surface area contributed by atoms with Crippen LogP contribution in [-0.2, 0) is 0 Å². The van der Waals surface area contributed by atoms with Crippen molar-refractivity contribution in [3.05, 3.63) is 27.2 Å². The molecule has 0 spiro atoms. The van der Waals surface area contributed by atoms with Crippen LogP contribution < -0.4 is 4.74 Å². The Bertz CT molecular complexity index is 522. The van der Waals surface area contributed by atoms with Gasteiger partial charge in [-0.2, -0.15) is 0 Å². The van der Waals surface area contributed by atoms with E-state index >= 15 is 0 Å². The molecule has 0 bridgehead atoms. The van der Waals surface area contributed by atoms with Gasteiger partial charge in [-0.05, 0) is 55.2 Å². The van der Waals surface area contributed by atoms with Crippen molar-refractivity contribution in [3.63, 3.8) is 0 Å². The zero-order chi connectivity index (χ0) is 15.8. The third kappa shape index (κ3) is 3.14. The van der Waals surface area contributed by atoms with Crippen LogP contribution in [0.2, 0.25) is 0 Å². The van der Waals surface area contributed by atoms with Crippen LogP contribution in [0.4, 0.5) is 0 Å². The average molecular weight is 355 g/mol. The Morgan fingerprint density at radius 2 is 2.00 bits per heavy atom. The van der Waals surface area contributed by atoms with E-state index in [0.717, 1.165) is 33.3 Å². The molecule has 118 valence electrons. The molecule has 0 heterocycles. The van der Waals surface area contributed by atoms with Gasteiger partial charge in [0.2, 0.25) is 0 Å². The molecular formula is C18H27BrO2. The van der Waals surface area contributed by atoms with E-state index in [2.05, 4.69) is 42.8 Å². The number of aliphatic hydroxyl groups is 1. The van der Waals surface area contributed by atoms with E-state index in [1.165, 1.54) is 19.3 Å². The third-order valence-corrected chi connectivity index (χ3v) is 6.00. The van der Waals surface area contributed by atoms with Crippen LogP contribution in [0.25, 0.3) is 0 Å². The fourth-order valence-corrected chi connectivity index (χ4v) is 4.37. The maximum Gasteiger partial charge on any atom is 0.127 e. The first-order valence-electron chi connectivity index (χ1n) is 7.81. The average Bonchev–Trinajstić information content (AvgIpc) is 2.41. The number of hydrogen-bond acceptors (Lipinski definition) is 2. The lowest BCUT2D eigenvalue weighted by molar-refractivity contribution is 0.00226. The molecule has 1 aliphatic carbocycles. The van der Waals surface area contributed by atoms with Crippen molar-refractivity contribution in [3.8, 4) is 5.75 Å². The summed E-state index contributed by atoms with van der Waals surface area (Å²) in [5.41, 5.74) is 3.29. The summed E-state index contributed by atoms with van der Waals surface area (Å²) >= 11 is 3.61. The van der Waals surface area contributed by atoms with Crippen LogP contribution in [-0.4, -0.2) is 12.2 Å². The molecule has 0 saturated heterocycles. The molecule has 0 amide bonds. The van der Waals surface area contributed by atoms with Gasteiger partial charge in [-0.25, -0.2) is 0 Å². The lowest BCUT2D eigenvalue weighted by Crippen LogP contribution is -2.33. The second-order valence-electron chi connectivity index (χ2n) is 7.03. The Morgan fingerprint density at radius 1 is 1.33 bits per heavy atom. The number of rotatable bonds is 3. The summed E-state index contributed by atoms with van der Waals surface area (Å²) in [4.78, 5) is 0. The molecule has 1 N–H and O–H groups in total. The fraction of sp³-hybridized carbons (Fsp3) is 0.667. The molecule has 1 fully saturated rings. The minimum absolute atomic E-state index is 0.172. The molecule has 1 aromatic rings. The largest absolute Gasteiger partial charge is 0.496 e. The predicted molar refractivity (Wildman–Crippen MR) is 90.9 cm³/mol. The topological polar surface area (TPSA) is 29.5 Å². The Hall–Kier alpha value is -0.540. The molecule has 0 radical (unpaired) electrons. The molecular weight excluding hydrogens is 328 g/mol. The van der Waals surface area contributed by atoms with E-state index in [4.69, 9.17) is 4.74 Å². The summed E-state index contributed by atoms with van der Waals surface area (Å²) in [5.74, 6) is 1.12. The summed E-state index contributed by atoms with van der Waals surface area (Å²) in [5, 5.41) is 11.1. The van der Waals surface area contributed by atoms with Crippen molar-refractivity contribution in [1.29, 1.82) is 0 Å². The number of aryl methyl sites for hydroxylation is 1. The Kier molecular flexibility index (Phi) is 5.04. The summed E-state index contributed by atoms with van der Waals surface area (Å²) in [6, 6.07) is 2.07. The van der Waals surface area contributed by atoms with Crippen molar-refractivity contribution < 1.29 is 9.84 Å². The first-order valence-corrected chi connectivity index (χ1v) is 8.60. The van der Waals surface area contributed by atoms with E-state index in [9.17, 15) is 5.11 Å². The number of ether oxygens (including phenoxy) is 1. The highest BCUT2D eigenvalue weighted by Crippen LogP contribution is 2.49. The lowest BCUT2D eigenvalue weighted by atomic mass is 9.65. The summed E-state index contributed by atoms with van der Waals surface area (Å²) < 4.78 is 6.66. The molecule has 0 aliphatic heterocycles. The smallest absolute Gasteiger partial charge is 0.127 e. The second kappa shape index (κ2) is 6.29. The monoisotopic (exact) mass is 354 g/mol. The Morgan fingerprint density at radius 3 is 2.57 bits per heavy atom. The first kappa shape index (κ1) is 16.8. The molecule has 2 unspecified atom stereocenters. The molecule has 2 rings (SSSR count). The third-order valence-electron chi connectivity index (χ3n) is 5.18.